The van der Waals surface area contributed by atoms with E-state index in [-0.39, 0.29) is 6.10 Å². The second-order valence-electron chi connectivity index (χ2n) is 6.31. The van der Waals surface area contributed by atoms with E-state index in [2.05, 4.69) is 21.5 Å². The van der Waals surface area contributed by atoms with Gasteiger partial charge in [0.1, 0.15) is 0 Å². The zero-order chi connectivity index (χ0) is 16.1. The topological polar surface area (TPSA) is 53.3 Å². The van der Waals surface area contributed by atoms with Gasteiger partial charge in [-0.3, -0.25) is 0 Å². The predicted octanol–water partition coefficient (Wildman–Crippen LogP) is 1.73. The summed E-state index contributed by atoms with van der Waals surface area (Å²) >= 11 is 0. The number of aliphatic hydroxyl groups excluding tert-OH is 1. The molecular weight excluding hydrogens is 288 g/mol. The highest BCUT2D eigenvalue weighted by Gasteiger charge is 2.15. The maximum absolute atomic E-state index is 10.1. The van der Waals surface area contributed by atoms with Crippen LogP contribution in [0.5, 0.6) is 0 Å². The van der Waals surface area contributed by atoms with Crippen molar-refractivity contribution in [3.63, 3.8) is 0 Å². The van der Waals surface area contributed by atoms with E-state index in [1.165, 1.54) is 18.4 Å². The third kappa shape index (κ3) is 4.41. The van der Waals surface area contributed by atoms with E-state index in [0.29, 0.717) is 6.54 Å². The molecule has 0 radical (unpaired) electrons. The molecule has 5 nitrogen and oxygen atoms in total. The lowest BCUT2D eigenvalue weighted by molar-refractivity contribution is 0.123. The van der Waals surface area contributed by atoms with Gasteiger partial charge in [-0.25, -0.2) is 4.68 Å². The monoisotopic (exact) mass is 314 g/mol. The van der Waals surface area contributed by atoms with Crippen molar-refractivity contribution in [1.82, 2.24) is 20.0 Å². The van der Waals surface area contributed by atoms with Crippen LogP contribution in [0.3, 0.4) is 0 Å². The minimum absolute atomic E-state index is 0.308. The number of nitrogens with one attached hydrogen (secondary N) is 1. The normalized spacial score (nSPS) is 16.8. The fourth-order valence-electron chi connectivity index (χ4n) is 3.08. The summed E-state index contributed by atoms with van der Waals surface area (Å²) in [4.78, 5) is 2.34. The molecule has 2 aromatic rings. The van der Waals surface area contributed by atoms with Crippen molar-refractivity contribution in [3.05, 3.63) is 47.8 Å². The highest BCUT2D eigenvalue weighted by atomic mass is 16.3. The molecule has 1 atom stereocenters. The van der Waals surface area contributed by atoms with Crippen molar-refractivity contribution in [2.75, 3.05) is 26.2 Å². The molecule has 1 fully saturated rings. The number of aliphatic hydroxyl groups is 1. The summed E-state index contributed by atoms with van der Waals surface area (Å²) in [5.41, 5.74) is 3.26. The first kappa shape index (κ1) is 16.2. The van der Waals surface area contributed by atoms with Gasteiger partial charge < -0.3 is 15.3 Å². The van der Waals surface area contributed by atoms with E-state index >= 15 is 0 Å². The molecule has 1 aliphatic rings. The summed E-state index contributed by atoms with van der Waals surface area (Å²) in [6.45, 7) is 6.40. The van der Waals surface area contributed by atoms with Crippen molar-refractivity contribution in [2.45, 2.75) is 32.4 Å². The highest BCUT2D eigenvalue weighted by Crippen LogP contribution is 2.12. The van der Waals surface area contributed by atoms with Crippen LogP contribution in [0.4, 0.5) is 0 Å². The molecule has 0 bridgehead atoms. The molecule has 1 aromatic carbocycles. The Kier molecular flexibility index (Phi) is 5.43. The smallest absolute Gasteiger partial charge is 0.0791 e. The van der Waals surface area contributed by atoms with Crippen molar-refractivity contribution in [1.29, 1.82) is 0 Å². The number of β-amino-alcohol motifs (C(OH)–C–C–N with tert-alkyl or cyclic N) is 1. The van der Waals surface area contributed by atoms with Gasteiger partial charge in [0.15, 0.2) is 0 Å². The first-order valence-corrected chi connectivity index (χ1v) is 8.44. The molecule has 0 saturated carbocycles. The number of rotatable bonds is 7. The molecule has 2 N–H and O–H groups in total. The van der Waals surface area contributed by atoms with E-state index in [4.69, 9.17) is 0 Å². The Labute approximate surface area is 137 Å². The van der Waals surface area contributed by atoms with Gasteiger partial charge in [-0.1, -0.05) is 18.2 Å². The van der Waals surface area contributed by atoms with E-state index in [1.54, 1.807) is 0 Å². The summed E-state index contributed by atoms with van der Waals surface area (Å²) in [6.07, 6.45) is 4.28. The average Bonchev–Trinajstić information content (AvgIpc) is 3.18. The lowest BCUT2D eigenvalue weighted by Crippen LogP contribution is -2.36. The third-order valence-electron chi connectivity index (χ3n) is 4.38. The first-order valence-electron chi connectivity index (χ1n) is 8.44. The maximum atomic E-state index is 10.1. The maximum Gasteiger partial charge on any atom is 0.0791 e. The van der Waals surface area contributed by atoms with Crippen LogP contribution >= 0.6 is 0 Å². The molecule has 1 unspecified atom stereocenters. The molecule has 0 amide bonds. The molecule has 0 spiro atoms. The van der Waals surface area contributed by atoms with Crippen LogP contribution in [-0.4, -0.2) is 52.1 Å². The van der Waals surface area contributed by atoms with E-state index in [0.717, 1.165) is 37.6 Å². The molecule has 23 heavy (non-hydrogen) atoms. The summed E-state index contributed by atoms with van der Waals surface area (Å²) in [7, 11) is 0. The van der Waals surface area contributed by atoms with Gasteiger partial charge in [0.2, 0.25) is 0 Å². The Bertz CT molecular complexity index is 605. The summed E-state index contributed by atoms with van der Waals surface area (Å²) < 4.78 is 1.91. The van der Waals surface area contributed by atoms with E-state index in [1.807, 2.05) is 41.9 Å². The van der Waals surface area contributed by atoms with Gasteiger partial charge in [-0.05, 0) is 45.0 Å². The van der Waals surface area contributed by atoms with Crippen molar-refractivity contribution in [2.24, 2.45) is 0 Å². The number of aryl methyl sites for hydroxylation is 1. The van der Waals surface area contributed by atoms with Gasteiger partial charge in [-0.15, -0.1) is 0 Å². The number of aromatic nitrogens is 2. The zero-order valence-corrected chi connectivity index (χ0v) is 13.8. The Morgan fingerprint density at radius 1 is 1.22 bits per heavy atom. The molecule has 3 rings (SSSR count). The molecular formula is C18H26N4O. The largest absolute Gasteiger partial charge is 0.390 e. The van der Waals surface area contributed by atoms with Crippen LogP contribution in [0.25, 0.3) is 5.69 Å². The fraction of sp³-hybridized carbons (Fsp3) is 0.500. The van der Waals surface area contributed by atoms with Crippen LogP contribution < -0.4 is 5.32 Å². The minimum atomic E-state index is -0.308. The standard InChI is InChI=1S/C18H26N4O/c1-15-16(13-22(20-15)17-7-3-2-4-8-17)11-19-12-18(23)14-21-9-5-6-10-21/h2-4,7-8,13,18-19,23H,5-6,9-12,14H2,1H3. The lowest BCUT2D eigenvalue weighted by atomic mass is 10.2. The highest BCUT2D eigenvalue weighted by molar-refractivity contribution is 5.32. The molecule has 1 aromatic heterocycles. The fourth-order valence-corrected chi connectivity index (χ4v) is 3.08. The SMILES string of the molecule is Cc1nn(-c2ccccc2)cc1CNCC(O)CN1CCCC1. The summed E-state index contributed by atoms with van der Waals surface area (Å²) in [5.74, 6) is 0. The van der Waals surface area contributed by atoms with Crippen molar-refractivity contribution in [3.8, 4) is 5.69 Å². The molecule has 2 heterocycles. The van der Waals surface area contributed by atoms with E-state index in [9.17, 15) is 5.11 Å². The zero-order valence-electron chi connectivity index (χ0n) is 13.8. The van der Waals surface area contributed by atoms with Crippen LogP contribution in [0.15, 0.2) is 36.5 Å². The molecule has 1 saturated heterocycles. The summed E-state index contributed by atoms with van der Waals surface area (Å²) in [5, 5.41) is 18.0. The Morgan fingerprint density at radius 3 is 2.70 bits per heavy atom. The molecule has 124 valence electrons. The third-order valence-corrected chi connectivity index (χ3v) is 4.38. The quantitative estimate of drug-likeness (QED) is 0.817. The Morgan fingerprint density at radius 2 is 1.96 bits per heavy atom. The number of hydrogen-bond donors (Lipinski definition) is 2. The molecule has 0 aliphatic carbocycles. The van der Waals surface area contributed by atoms with Crippen LogP contribution in [0.1, 0.15) is 24.1 Å². The van der Waals surface area contributed by atoms with Gasteiger partial charge in [-0.2, -0.15) is 5.10 Å². The average molecular weight is 314 g/mol. The van der Waals surface area contributed by atoms with E-state index < -0.39 is 0 Å². The Hall–Kier alpha value is -1.69. The van der Waals surface area contributed by atoms with Gasteiger partial charge >= 0.3 is 0 Å². The number of likely N-dealkylation sites (tertiary alicyclic amines) is 1. The van der Waals surface area contributed by atoms with Gasteiger partial charge in [0, 0.05) is 31.4 Å². The van der Waals surface area contributed by atoms with Gasteiger partial charge in [0.25, 0.3) is 0 Å². The number of benzene rings is 1. The van der Waals surface area contributed by atoms with Crippen molar-refractivity contribution >= 4 is 0 Å². The second kappa shape index (κ2) is 7.73. The number of nitrogens with zero attached hydrogens (tertiary/aromatic N) is 3. The van der Waals surface area contributed by atoms with Crippen LogP contribution in [0.2, 0.25) is 0 Å². The van der Waals surface area contributed by atoms with Gasteiger partial charge in [0.05, 0.1) is 17.5 Å². The summed E-state index contributed by atoms with van der Waals surface area (Å²) in [6, 6.07) is 10.1. The molecule has 1 aliphatic heterocycles. The van der Waals surface area contributed by atoms with Crippen molar-refractivity contribution < 1.29 is 5.11 Å². The number of para-hydroxylation sites is 1. The van der Waals surface area contributed by atoms with Crippen LogP contribution in [0, 0.1) is 6.92 Å². The minimum Gasteiger partial charge on any atom is -0.390 e. The van der Waals surface area contributed by atoms with Crippen LogP contribution in [-0.2, 0) is 6.54 Å². The second-order valence-corrected chi connectivity index (χ2v) is 6.31. The molecule has 5 heteroatoms. The lowest BCUT2D eigenvalue weighted by Gasteiger charge is -2.19. The first-order chi connectivity index (χ1) is 11.2. The number of hydrogen-bond acceptors (Lipinski definition) is 4. The Balaban J connectivity index is 1.49. The predicted molar refractivity (Wildman–Crippen MR) is 91.7 cm³/mol.